The Balaban J connectivity index is 2.49. The van der Waals surface area contributed by atoms with E-state index in [1.807, 2.05) is 0 Å². The lowest BCUT2D eigenvalue weighted by Gasteiger charge is -2.11. The van der Waals surface area contributed by atoms with Crippen molar-refractivity contribution < 1.29 is 4.74 Å². The molecule has 0 aliphatic heterocycles. The summed E-state index contributed by atoms with van der Waals surface area (Å²) in [5.41, 5.74) is 3.64. The van der Waals surface area contributed by atoms with Gasteiger partial charge < -0.3 is 9.30 Å². The van der Waals surface area contributed by atoms with Gasteiger partial charge >= 0.3 is 0 Å². The first-order valence-corrected chi connectivity index (χ1v) is 7.34. The lowest BCUT2D eigenvalue weighted by Crippen LogP contribution is -2.09. The minimum atomic E-state index is 0.649. The summed E-state index contributed by atoms with van der Waals surface area (Å²) in [5, 5.41) is 9.27. The molecule has 0 bridgehead atoms. The molecule has 2 rings (SSSR count). The summed E-state index contributed by atoms with van der Waals surface area (Å²) in [6.45, 7) is 5.64. The van der Waals surface area contributed by atoms with Gasteiger partial charge in [0.1, 0.15) is 5.82 Å². The van der Waals surface area contributed by atoms with Gasteiger partial charge in [-0.25, -0.2) is 0 Å². The van der Waals surface area contributed by atoms with Crippen LogP contribution in [0.5, 0.6) is 0 Å². The fourth-order valence-corrected chi connectivity index (χ4v) is 2.46. The van der Waals surface area contributed by atoms with Crippen molar-refractivity contribution in [3.63, 3.8) is 0 Å². The molecule has 0 saturated heterocycles. The minimum Gasteiger partial charge on any atom is -0.383 e. The number of halogens is 1. The van der Waals surface area contributed by atoms with Crippen LogP contribution in [-0.4, -0.2) is 28.5 Å². The fourth-order valence-electron chi connectivity index (χ4n) is 2.04. The predicted molar refractivity (Wildman–Crippen MR) is 79.4 cm³/mol. The maximum absolute atomic E-state index is 5.17. The molecule has 0 unspecified atom stereocenters. The molecular formula is C14H18BrN3O. The Bertz CT molecular complexity index is 566. The van der Waals surface area contributed by atoms with Crippen molar-refractivity contribution in [2.24, 2.45) is 0 Å². The summed E-state index contributed by atoms with van der Waals surface area (Å²) in [6.07, 6.45) is 0. The molecule has 1 heterocycles. The smallest absolute Gasteiger partial charge is 0.164 e. The van der Waals surface area contributed by atoms with E-state index in [2.05, 4.69) is 62.7 Å². The fraction of sp³-hybridized carbons (Fsp3) is 0.429. The van der Waals surface area contributed by atoms with Gasteiger partial charge in [0.15, 0.2) is 5.82 Å². The molecule has 102 valence electrons. The van der Waals surface area contributed by atoms with Gasteiger partial charge in [-0.1, -0.05) is 34.1 Å². The third kappa shape index (κ3) is 2.87. The van der Waals surface area contributed by atoms with E-state index in [1.54, 1.807) is 7.11 Å². The van der Waals surface area contributed by atoms with Crippen LogP contribution in [0.3, 0.4) is 0 Å². The summed E-state index contributed by atoms with van der Waals surface area (Å²) < 4.78 is 7.28. The Labute approximate surface area is 121 Å². The molecule has 2 aromatic rings. The SMILES string of the molecule is COCCn1c(CBr)nnc1-c1cccc(C)c1C. The van der Waals surface area contributed by atoms with Crippen LogP contribution in [0.25, 0.3) is 11.4 Å². The summed E-state index contributed by atoms with van der Waals surface area (Å²) in [7, 11) is 1.70. The highest BCUT2D eigenvalue weighted by molar-refractivity contribution is 9.08. The first-order valence-electron chi connectivity index (χ1n) is 6.22. The molecule has 19 heavy (non-hydrogen) atoms. The highest BCUT2D eigenvalue weighted by Gasteiger charge is 2.15. The lowest BCUT2D eigenvalue weighted by atomic mass is 10.0. The monoisotopic (exact) mass is 323 g/mol. The zero-order valence-electron chi connectivity index (χ0n) is 11.5. The van der Waals surface area contributed by atoms with Crippen molar-refractivity contribution in [1.82, 2.24) is 14.8 Å². The quantitative estimate of drug-likeness (QED) is 0.794. The molecule has 0 atom stereocenters. The highest BCUT2D eigenvalue weighted by Crippen LogP contribution is 2.25. The average molecular weight is 324 g/mol. The molecule has 5 heteroatoms. The molecule has 0 fully saturated rings. The van der Waals surface area contributed by atoms with Gasteiger partial charge in [-0.3, -0.25) is 0 Å². The van der Waals surface area contributed by atoms with E-state index in [9.17, 15) is 0 Å². The lowest BCUT2D eigenvalue weighted by molar-refractivity contribution is 0.187. The summed E-state index contributed by atoms with van der Waals surface area (Å²) in [6, 6.07) is 6.26. The van der Waals surface area contributed by atoms with Crippen molar-refractivity contribution in [1.29, 1.82) is 0 Å². The number of rotatable bonds is 5. The normalized spacial score (nSPS) is 10.9. The number of methoxy groups -OCH3 is 1. The van der Waals surface area contributed by atoms with Crippen LogP contribution in [0.15, 0.2) is 18.2 Å². The first-order chi connectivity index (χ1) is 9.19. The third-order valence-corrected chi connectivity index (χ3v) is 3.81. The van der Waals surface area contributed by atoms with Crippen LogP contribution in [0, 0.1) is 13.8 Å². The van der Waals surface area contributed by atoms with Gasteiger partial charge in [0, 0.05) is 19.2 Å². The molecule has 0 aliphatic rings. The number of ether oxygens (including phenoxy) is 1. The number of nitrogens with zero attached hydrogens (tertiary/aromatic N) is 3. The molecule has 1 aromatic carbocycles. The van der Waals surface area contributed by atoms with Crippen LogP contribution < -0.4 is 0 Å². The Hall–Kier alpha value is -1.20. The van der Waals surface area contributed by atoms with E-state index in [4.69, 9.17) is 4.74 Å². The number of hydrogen-bond donors (Lipinski definition) is 0. The van der Waals surface area contributed by atoms with Gasteiger partial charge in [0.25, 0.3) is 0 Å². The maximum atomic E-state index is 5.17. The predicted octanol–water partition coefficient (Wildman–Crippen LogP) is 3.10. The molecule has 0 aliphatic carbocycles. The molecular weight excluding hydrogens is 306 g/mol. The third-order valence-electron chi connectivity index (χ3n) is 3.31. The maximum Gasteiger partial charge on any atom is 0.164 e. The Morgan fingerprint density at radius 3 is 2.74 bits per heavy atom. The van der Waals surface area contributed by atoms with Crippen LogP contribution in [0.1, 0.15) is 17.0 Å². The Morgan fingerprint density at radius 1 is 1.26 bits per heavy atom. The minimum absolute atomic E-state index is 0.649. The second-order valence-electron chi connectivity index (χ2n) is 4.47. The number of benzene rings is 1. The number of aryl methyl sites for hydroxylation is 1. The zero-order valence-corrected chi connectivity index (χ0v) is 13.1. The largest absolute Gasteiger partial charge is 0.383 e. The van der Waals surface area contributed by atoms with Gasteiger partial charge in [-0.2, -0.15) is 0 Å². The number of alkyl halides is 1. The van der Waals surface area contributed by atoms with E-state index < -0.39 is 0 Å². The van der Waals surface area contributed by atoms with E-state index >= 15 is 0 Å². The molecule has 0 amide bonds. The Morgan fingerprint density at radius 2 is 2.05 bits per heavy atom. The standard InChI is InChI=1S/C14H18BrN3O/c1-10-5-4-6-12(11(10)2)14-17-16-13(9-15)18(14)7-8-19-3/h4-6H,7-9H2,1-3H3. The summed E-state index contributed by atoms with van der Waals surface area (Å²) in [4.78, 5) is 0. The van der Waals surface area contributed by atoms with Gasteiger partial charge in [-0.05, 0) is 25.0 Å². The van der Waals surface area contributed by atoms with Crippen molar-refractivity contribution in [2.75, 3.05) is 13.7 Å². The molecule has 0 saturated carbocycles. The summed E-state index contributed by atoms with van der Waals surface area (Å²) in [5.74, 6) is 1.83. The van der Waals surface area contributed by atoms with Crippen molar-refractivity contribution in [3.8, 4) is 11.4 Å². The number of aromatic nitrogens is 3. The van der Waals surface area contributed by atoms with Crippen LogP contribution in [0.4, 0.5) is 0 Å². The summed E-state index contributed by atoms with van der Waals surface area (Å²) >= 11 is 3.45. The van der Waals surface area contributed by atoms with Crippen molar-refractivity contribution in [2.45, 2.75) is 25.7 Å². The van der Waals surface area contributed by atoms with E-state index in [1.165, 1.54) is 11.1 Å². The average Bonchev–Trinajstić information content (AvgIpc) is 2.82. The van der Waals surface area contributed by atoms with Crippen LogP contribution in [0.2, 0.25) is 0 Å². The van der Waals surface area contributed by atoms with Crippen molar-refractivity contribution in [3.05, 3.63) is 35.2 Å². The van der Waals surface area contributed by atoms with E-state index in [0.29, 0.717) is 11.9 Å². The van der Waals surface area contributed by atoms with Crippen molar-refractivity contribution >= 4 is 15.9 Å². The van der Waals surface area contributed by atoms with Crippen LogP contribution in [-0.2, 0) is 16.6 Å². The van der Waals surface area contributed by atoms with Crippen LogP contribution >= 0.6 is 15.9 Å². The second kappa shape index (κ2) is 6.30. The second-order valence-corrected chi connectivity index (χ2v) is 5.03. The van der Waals surface area contributed by atoms with Gasteiger partial charge in [-0.15, -0.1) is 10.2 Å². The zero-order chi connectivity index (χ0) is 13.8. The van der Waals surface area contributed by atoms with Gasteiger partial charge in [0.2, 0.25) is 0 Å². The highest BCUT2D eigenvalue weighted by atomic mass is 79.9. The molecule has 4 nitrogen and oxygen atoms in total. The van der Waals surface area contributed by atoms with E-state index in [0.717, 1.165) is 23.8 Å². The van der Waals surface area contributed by atoms with E-state index in [-0.39, 0.29) is 0 Å². The Kier molecular flexibility index (Phi) is 4.71. The topological polar surface area (TPSA) is 39.9 Å². The molecule has 0 spiro atoms. The molecule has 0 radical (unpaired) electrons. The van der Waals surface area contributed by atoms with Gasteiger partial charge in [0.05, 0.1) is 11.9 Å². The first kappa shape index (κ1) is 14.2. The molecule has 1 aromatic heterocycles. The number of hydrogen-bond acceptors (Lipinski definition) is 3. The molecule has 0 N–H and O–H groups in total.